The molecule has 17 heavy (non-hydrogen) atoms. The minimum Gasteiger partial charge on any atom is -0.321 e. The van der Waals surface area contributed by atoms with Crippen LogP contribution < -0.4 is 5.32 Å². The van der Waals surface area contributed by atoms with Gasteiger partial charge in [-0.05, 0) is 75.5 Å². The lowest BCUT2D eigenvalue weighted by Crippen LogP contribution is -2.12. The Morgan fingerprint density at radius 3 is 2.47 bits per heavy atom. The summed E-state index contributed by atoms with van der Waals surface area (Å²) in [6, 6.07) is 15.2. The number of carbonyl (C=O) groups is 1. The number of rotatable bonds is 2. The van der Waals surface area contributed by atoms with E-state index in [1.807, 2.05) is 48.5 Å². The van der Waals surface area contributed by atoms with E-state index in [9.17, 15) is 4.79 Å². The highest BCUT2D eigenvalue weighted by atomic mass is 127. The molecule has 4 heteroatoms. The van der Waals surface area contributed by atoms with Crippen molar-refractivity contribution in [2.75, 3.05) is 5.32 Å². The summed E-state index contributed by atoms with van der Waals surface area (Å²) in [7, 11) is 0. The molecule has 0 bridgehead atoms. The largest absolute Gasteiger partial charge is 0.321 e. The third-order valence-corrected chi connectivity index (χ3v) is 3.82. The Kier molecular flexibility index (Phi) is 4.38. The normalized spacial score (nSPS) is 10.0. The second-order valence-electron chi connectivity index (χ2n) is 3.44. The van der Waals surface area contributed by atoms with Crippen LogP contribution in [0, 0.1) is 7.14 Å². The first-order valence-electron chi connectivity index (χ1n) is 4.98. The number of anilines is 1. The van der Waals surface area contributed by atoms with E-state index >= 15 is 0 Å². The average Bonchev–Trinajstić information content (AvgIpc) is 2.32. The summed E-state index contributed by atoms with van der Waals surface area (Å²) in [6.45, 7) is 0. The van der Waals surface area contributed by atoms with Crippen LogP contribution in [0.15, 0.2) is 48.5 Å². The topological polar surface area (TPSA) is 29.1 Å². The number of hydrogen-bond acceptors (Lipinski definition) is 1. The predicted molar refractivity (Wildman–Crippen MR) is 86.3 cm³/mol. The Bertz CT molecular complexity index is 555. The van der Waals surface area contributed by atoms with E-state index in [1.165, 1.54) is 0 Å². The van der Waals surface area contributed by atoms with Crippen molar-refractivity contribution in [3.05, 3.63) is 61.2 Å². The van der Waals surface area contributed by atoms with Crippen LogP contribution in [-0.2, 0) is 0 Å². The summed E-state index contributed by atoms with van der Waals surface area (Å²) in [5.41, 5.74) is 1.52. The minimum atomic E-state index is -0.0763. The summed E-state index contributed by atoms with van der Waals surface area (Å²) < 4.78 is 2.09. The molecular formula is C13H9I2NO. The lowest BCUT2D eigenvalue weighted by atomic mass is 10.2. The quantitative estimate of drug-likeness (QED) is 0.687. The highest BCUT2D eigenvalue weighted by Gasteiger charge is 2.07. The van der Waals surface area contributed by atoms with Crippen LogP contribution >= 0.6 is 45.2 Å². The van der Waals surface area contributed by atoms with Gasteiger partial charge in [-0.3, -0.25) is 4.79 Å². The molecule has 86 valence electrons. The molecule has 1 N–H and O–H groups in total. The molecule has 0 saturated heterocycles. The molecule has 2 aromatic carbocycles. The fraction of sp³-hybridized carbons (Fsp3) is 0. The first kappa shape index (κ1) is 12.8. The van der Waals surface area contributed by atoms with Gasteiger partial charge >= 0.3 is 0 Å². The van der Waals surface area contributed by atoms with E-state index in [0.717, 1.165) is 12.8 Å². The van der Waals surface area contributed by atoms with E-state index in [0.29, 0.717) is 5.56 Å². The number of hydrogen-bond donors (Lipinski definition) is 1. The van der Waals surface area contributed by atoms with Crippen molar-refractivity contribution < 1.29 is 4.79 Å². The van der Waals surface area contributed by atoms with E-state index in [4.69, 9.17) is 0 Å². The van der Waals surface area contributed by atoms with Gasteiger partial charge in [0.25, 0.3) is 5.91 Å². The first-order valence-corrected chi connectivity index (χ1v) is 7.14. The lowest BCUT2D eigenvalue weighted by Gasteiger charge is -2.07. The molecule has 0 aliphatic heterocycles. The monoisotopic (exact) mass is 449 g/mol. The predicted octanol–water partition coefficient (Wildman–Crippen LogP) is 4.15. The Labute approximate surface area is 127 Å². The standard InChI is InChI=1S/C13H9I2NO/c14-10-5-3-4-9(8-10)13(17)16-12-7-2-1-6-11(12)15/h1-8H,(H,16,17). The fourth-order valence-corrected chi connectivity index (χ4v) is 2.45. The lowest BCUT2D eigenvalue weighted by molar-refractivity contribution is 0.102. The fourth-order valence-electron chi connectivity index (χ4n) is 1.39. The van der Waals surface area contributed by atoms with Crippen molar-refractivity contribution in [2.24, 2.45) is 0 Å². The molecule has 0 spiro atoms. The molecular weight excluding hydrogens is 440 g/mol. The molecule has 0 atom stereocenters. The van der Waals surface area contributed by atoms with Crippen LogP contribution in [0.4, 0.5) is 5.69 Å². The summed E-state index contributed by atoms with van der Waals surface area (Å²) in [5.74, 6) is -0.0763. The number of carbonyl (C=O) groups excluding carboxylic acids is 1. The molecule has 2 aromatic rings. The van der Waals surface area contributed by atoms with Crippen LogP contribution in [0.3, 0.4) is 0 Å². The number of halogens is 2. The third-order valence-electron chi connectivity index (χ3n) is 2.21. The molecule has 0 saturated carbocycles. The summed E-state index contributed by atoms with van der Waals surface area (Å²) in [6.07, 6.45) is 0. The van der Waals surface area contributed by atoms with Gasteiger partial charge < -0.3 is 5.32 Å². The van der Waals surface area contributed by atoms with E-state index in [1.54, 1.807) is 0 Å². The van der Waals surface area contributed by atoms with Gasteiger partial charge in [0.2, 0.25) is 0 Å². The van der Waals surface area contributed by atoms with Gasteiger partial charge in [-0.1, -0.05) is 18.2 Å². The minimum absolute atomic E-state index is 0.0763. The number of para-hydroxylation sites is 1. The zero-order chi connectivity index (χ0) is 12.3. The van der Waals surface area contributed by atoms with Crippen LogP contribution in [0.5, 0.6) is 0 Å². The SMILES string of the molecule is O=C(Nc1ccccc1I)c1cccc(I)c1. The summed E-state index contributed by atoms with van der Waals surface area (Å²) in [5, 5.41) is 2.90. The highest BCUT2D eigenvalue weighted by Crippen LogP contribution is 2.18. The van der Waals surface area contributed by atoms with Gasteiger partial charge in [0.1, 0.15) is 0 Å². The van der Waals surface area contributed by atoms with Crippen molar-refractivity contribution >= 4 is 56.8 Å². The van der Waals surface area contributed by atoms with Crippen LogP contribution in [0.2, 0.25) is 0 Å². The third kappa shape index (κ3) is 3.41. The van der Waals surface area contributed by atoms with Crippen LogP contribution in [0.25, 0.3) is 0 Å². The molecule has 0 heterocycles. The molecule has 0 aromatic heterocycles. The maximum absolute atomic E-state index is 12.0. The van der Waals surface area contributed by atoms with Crippen molar-refractivity contribution in [3.8, 4) is 0 Å². The van der Waals surface area contributed by atoms with Gasteiger partial charge in [-0.25, -0.2) is 0 Å². The van der Waals surface area contributed by atoms with Gasteiger partial charge in [0.15, 0.2) is 0 Å². The Hall–Kier alpha value is -0.630. The molecule has 2 nitrogen and oxygen atoms in total. The number of benzene rings is 2. The van der Waals surface area contributed by atoms with E-state index in [-0.39, 0.29) is 5.91 Å². The van der Waals surface area contributed by atoms with Crippen molar-refractivity contribution in [2.45, 2.75) is 0 Å². The first-order chi connectivity index (χ1) is 8.16. The molecule has 0 aliphatic carbocycles. The number of amides is 1. The Morgan fingerprint density at radius 2 is 1.76 bits per heavy atom. The maximum atomic E-state index is 12.0. The molecule has 2 rings (SSSR count). The second-order valence-corrected chi connectivity index (χ2v) is 5.85. The Morgan fingerprint density at radius 1 is 1.00 bits per heavy atom. The molecule has 0 radical (unpaired) electrons. The van der Waals surface area contributed by atoms with E-state index in [2.05, 4.69) is 50.5 Å². The van der Waals surface area contributed by atoms with Crippen molar-refractivity contribution in [1.29, 1.82) is 0 Å². The second kappa shape index (κ2) is 5.81. The van der Waals surface area contributed by atoms with Crippen molar-refractivity contribution in [3.63, 3.8) is 0 Å². The van der Waals surface area contributed by atoms with Gasteiger partial charge in [-0.2, -0.15) is 0 Å². The number of nitrogens with one attached hydrogen (secondary N) is 1. The Balaban J connectivity index is 2.20. The summed E-state index contributed by atoms with van der Waals surface area (Å²) in [4.78, 5) is 12.0. The molecule has 0 unspecified atom stereocenters. The van der Waals surface area contributed by atoms with Crippen LogP contribution in [-0.4, -0.2) is 5.91 Å². The van der Waals surface area contributed by atoms with Crippen LogP contribution in [0.1, 0.15) is 10.4 Å². The molecule has 1 amide bonds. The molecule has 0 fully saturated rings. The smallest absolute Gasteiger partial charge is 0.255 e. The van der Waals surface area contributed by atoms with Crippen molar-refractivity contribution in [1.82, 2.24) is 0 Å². The van der Waals surface area contributed by atoms with E-state index < -0.39 is 0 Å². The highest BCUT2D eigenvalue weighted by molar-refractivity contribution is 14.1. The zero-order valence-corrected chi connectivity index (χ0v) is 13.1. The molecule has 0 aliphatic rings. The van der Waals surface area contributed by atoms with Gasteiger partial charge in [0, 0.05) is 12.7 Å². The summed E-state index contributed by atoms with van der Waals surface area (Å²) >= 11 is 4.40. The van der Waals surface area contributed by atoms with Gasteiger partial charge in [0.05, 0.1) is 5.69 Å². The van der Waals surface area contributed by atoms with Gasteiger partial charge in [-0.15, -0.1) is 0 Å². The zero-order valence-electron chi connectivity index (χ0n) is 8.78. The average molecular weight is 449 g/mol. The maximum Gasteiger partial charge on any atom is 0.255 e.